The smallest absolute Gasteiger partial charge is 0.359 e. The van der Waals surface area contributed by atoms with Gasteiger partial charge < -0.3 is 9.84 Å². The minimum Gasteiger partial charge on any atom is -0.479 e. The standard InChI is InChI=1S/C9H8ClNO5/c1-5-2-8(16-4-9(12)13)7(11(14)15)3-6(5)10/h2-3H,4H2,1H3,(H-,12,13,14,15)/p+1. The number of rotatable bonds is 4. The van der Waals surface area contributed by atoms with Crippen molar-refractivity contribution in [3.05, 3.63) is 27.6 Å². The fourth-order valence-electron chi connectivity index (χ4n) is 1.05. The van der Waals surface area contributed by atoms with Crippen LogP contribution in [0.15, 0.2) is 12.1 Å². The van der Waals surface area contributed by atoms with E-state index in [1.54, 1.807) is 6.92 Å². The molecule has 2 N–H and O–H groups in total. The molecule has 86 valence electrons. The van der Waals surface area contributed by atoms with Crippen LogP contribution in [0, 0.1) is 11.8 Å². The van der Waals surface area contributed by atoms with Crippen molar-refractivity contribution >= 4 is 23.3 Å². The van der Waals surface area contributed by atoms with Crippen molar-refractivity contribution in [3.8, 4) is 5.75 Å². The Kier molecular flexibility index (Phi) is 3.68. The number of nitrogens with zero attached hydrogens (tertiary/aromatic N) is 1. The number of hydrogen-bond acceptors (Lipinski definition) is 3. The third-order valence-corrected chi connectivity index (χ3v) is 2.20. The first-order chi connectivity index (χ1) is 7.41. The van der Waals surface area contributed by atoms with Crippen LogP contribution in [-0.4, -0.2) is 27.8 Å². The summed E-state index contributed by atoms with van der Waals surface area (Å²) in [5.74, 6) is -1.23. The predicted molar refractivity (Wildman–Crippen MR) is 54.4 cm³/mol. The zero-order chi connectivity index (χ0) is 12.3. The van der Waals surface area contributed by atoms with Crippen LogP contribution in [0.3, 0.4) is 0 Å². The molecule has 0 aliphatic heterocycles. The first-order valence-corrected chi connectivity index (χ1v) is 4.60. The number of halogens is 1. The van der Waals surface area contributed by atoms with Crippen molar-refractivity contribution in [2.75, 3.05) is 6.61 Å². The van der Waals surface area contributed by atoms with Crippen molar-refractivity contribution in [3.63, 3.8) is 0 Å². The van der Waals surface area contributed by atoms with Crippen LogP contribution in [0.5, 0.6) is 5.75 Å². The number of ether oxygens (including phenoxy) is 1. The molecule has 0 spiro atoms. The van der Waals surface area contributed by atoms with Crippen molar-refractivity contribution in [2.45, 2.75) is 6.92 Å². The molecule has 7 heteroatoms. The summed E-state index contributed by atoms with van der Waals surface area (Å²) in [6.07, 6.45) is 0. The highest BCUT2D eigenvalue weighted by Gasteiger charge is 2.22. The van der Waals surface area contributed by atoms with Crippen LogP contribution in [0.2, 0.25) is 5.02 Å². The van der Waals surface area contributed by atoms with Gasteiger partial charge in [-0.25, -0.2) is 10.0 Å². The second-order valence-corrected chi connectivity index (χ2v) is 3.43. The van der Waals surface area contributed by atoms with E-state index in [2.05, 4.69) is 0 Å². The molecule has 0 atom stereocenters. The van der Waals surface area contributed by atoms with Crippen LogP contribution < -0.4 is 4.74 Å². The molecule has 1 rings (SSSR count). The Morgan fingerprint density at radius 1 is 1.56 bits per heavy atom. The third-order valence-electron chi connectivity index (χ3n) is 1.80. The minimum atomic E-state index is -1.19. The summed E-state index contributed by atoms with van der Waals surface area (Å²) in [7, 11) is 0. The Morgan fingerprint density at radius 2 is 2.19 bits per heavy atom. The van der Waals surface area contributed by atoms with Crippen molar-refractivity contribution in [1.29, 1.82) is 0 Å². The van der Waals surface area contributed by atoms with Crippen molar-refractivity contribution in [1.82, 2.24) is 0 Å². The van der Waals surface area contributed by atoms with Gasteiger partial charge in [-0.15, -0.1) is 0 Å². The number of carboxylic acids is 1. The van der Waals surface area contributed by atoms with E-state index in [1.165, 1.54) is 12.1 Å². The monoisotopic (exact) mass is 246 g/mol. The van der Waals surface area contributed by atoms with Gasteiger partial charge in [0.1, 0.15) is 0 Å². The highest BCUT2D eigenvalue weighted by Crippen LogP contribution is 2.32. The molecule has 0 aromatic heterocycles. The van der Waals surface area contributed by atoms with Crippen molar-refractivity contribution < 1.29 is 24.8 Å². The molecule has 16 heavy (non-hydrogen) atoms. The van der Waals surface area contributed by atoms with Crippen LogP contribution in [0.1, 0.15) is 5.56 Å². The Morgan fingerprint density at radius 3 is 2.69 bits per heavy atom. The van der Waals surface area contributed by atoms with Crippen molar-refractivity contribution in [2.24, 2.45) is 0 Å². The van der Waals surface area contributed by atoms with E-state index in [4.69, 9.17) is 26.7 Å². The lowest BCUT2D eigenvalue weighted by Crippen LogP contribution is -2.10. The molecule has 0 heterocycles. The van der Waals surface area contributed by atoms with Gasteiger partial charge in [-0.2, -0.15) is 0 Å². The number of benzene rings is 1. The summed E-state index contributed by atoms with van der Waals surface area (Å²) in [5, 5.41) is 17.5. The van der Waals surface area contributed by atoms with E-state index >= 15 is 0 Å². The normalized spacial score (nSPS) is 9.88. The third kappa shape index (κ3) is 2.83. The van der Waals surface area contributed by atoms with E-state index in [9.17, 15) is 9.70 Å². The molecule has 6 nitrogen and oxygen atoms in total. The second kappa shape index (κ2) is 4.80. The minimum absolute atomic E-state index is 0.0400. The highest BCUT2D eigenvalue weighted by atomic mass is 35.5. The summed E-state index contributed by atoms with van der Waals surface area (Å²) >= 11 is 5.74. The zero-order valence-corrected chi connectivity index (χ0v) is 9.06. The zero-order valence-electron chi connectivity index (χ0n) is 8.31. The molecule has 0 amide bonds. The fraction of sp³-hybridized carbons (Fsp3) is 0.222. The van der Waals surface area contributed by atoms with Gasteiger partial charge in [0.2, 0.25) is 5.75 Å². The molecule has 0 saturated heterocycles. The lowest BCUT2D eigenvalue weighted by molar-refractivity contribution is -0.730. The van der Waals surface area contributed by atoms with Gasteiger partial charge in [0.05, 0.1) is 9.93 Å². The van der Waals surface area contributed by atoms with Gasteiger partial charge in [0.15, 0.2) is 6.61 Å². The molecule has 0 aliphatic rings. The average molecular weight is 247 g/mol. The number of carbonyl (C=O) groups is 1. The lowest BCUT2D eigenvalue weighted by Gasteiger charge is -2.04. The van der Waals surface area contributed by atoms with Crippen LogP contribution in [-0.2, 0) is 4.79 Å². The summed E-state index contributed by atoms with van der Waals surface area (Å²) in [6.45, 7) is 1.05. The number of hydrogen-bond donors (Lipinski definition) is 2. The first-order valence-electron chi connectivity index (χ1n) is 4.22. The van der Waals surface area contributed by atoms with E-state index in [1.807, 2.05) is 0 Å². The Hall–Kier alpha value is -1.82. The second-order valence-electron chi connectivity index (χ2n) is 3.02. The predicted octanol–water partition coefficient (Wildman–Crippen LogP) is 1.91. The largest absolute Gasteiger partial charge is 0.479 e. The van der Waals surface area contributed by atoms with E-state index in [0.717, 1.165) is 0 Å². The number of aliphatic carboxylic acids is 1. The van der Waals surface area contributed by atoms with Crippen LogP contribution >= 0.6 is 11.6 Å². The molecule has 1 aromatic carbocycles. The summed E-state index contributed by atoms with van der Waals surface area (Å²) in [4.78, 5) is 20.6. The Labute approximate surface area is 95.6 Å². The van der Waals surface area contributed by atoms with Gasteiger partial charge in [-0.3, -0.25) is 0 Å². The van der Waals surface area contributed by atoms with Crippen LogP contribution in [0.4, 0.5) is 5.69 Å². The molecular formula is C9H9ClNO5+. The molecule has 0 aliphatic carbocycles. The molecule has 1 aromatic rings. The quantitative estimate of drug-likeness (QED) is 0.793. The van der Waals surface area contributed by atoms with Crippen LogP contribution in [0.25, 0.3) is 0 Å². The van der Waals surface area contributed by atoms with E-state index < -0.39 is 17.5 Å². The lowest BCUT2D eigenvalue weighted by atomic mass is 10.2. The van der Waals surface area contributed by atoms with E-state index in [-0.39, 0.29) is 16.5 Å². The average Bonchev–Trinajstić information content (AvgIpc) is 2.18. The molecular weight excluding hydrogens is 238 g/mol. The van der Waals surface area contributed by atoms with Gasteiger partial charge in [0, 0.05) is 6.07 Å². The maximum Gasteiger partial charge on any atom is 0.359 e. The number of aryl methyl sites for hydroxylation is 1. The highest BCUT2D eigenvalue weighted by molar-refractivity contribution is 6.31. The molecule has 0 unspecified atom stereocenters. The fourth-order valence-corrected chi connectivity index (χ4v) is 1.21. The van der Waals surface area contributed by atoms with Gasteiger partial charge >= 0.3 is 11.7 Å². The molecule has 0 fully saturated rings. The first kappa shape index (κ1) is 12.3. The number of carboxylic acid groups (broad SMARTS) is 1. The Bertz CT molecular complexity index is 446. The van der Waals surface area contributed by atoms with Gasteiger partial charge in [-0.05, 0) is 18.6 Å². The maximum atomic E-state index is 10.8. The summed E-state index contributed by atoms with van der Waals surface area (Å²) in [5.41, 5.74) is 0.365. The van der Waals surface area contributed by atoms with E-state index in [0.29, 0.717) is 5.56 Å². The summed E-state index contributed by atoms with van der Waals surface area (Å²) < 4.78 is 4.84. The SMILES string of the molecule is Cc1cc(OCC(=O)O)c([N+](=O)O)cc1Cl. The summed E-state index contributed by atoms with van der Waals surface area (Å²) in [6, 6.07) is 2.57. The van der Waals surface area contributed by atoms with Gasteiger partial charge in [0.25, 0.3) is 4.92 Å². The van der Waals surface area contributed by atoms with Gasteiger partial charge in [-0.1, -0.05) is 11.6 Å². The molecule has 0 bridgehead atoms. The molecule has 0 radical (unpaired) electrons. The maximum absolute atomic E-state index is 10.8. The topological polar surface area (TPSA) is 86.8 Å². The Balaban J connectivity index is 3.09. The molecule has 0 saturated carbocycles.